The van der Waals surface area contributed by atoms with Crippen molar-refractivity contribution >= 4 is 39.0 Å². The first-order chi connectivity index (χ1) is 34.7. The smallest absolute Gasteiger partial charge is 0.135 e. The molecule has 0 bridgehead atoms. The summed E-state index contributed by atoms with van der Waals surface area (Å²) in [5.41, 5.74) is 24.5. The largest absolute Gasteiger partial charge is 0.456 e. The molecule has 0 amide bonds. The maximum Gasteiger partial charge on any atom is 0.135 e. The second-order valence-corrected chi connectivity index (χ2v) is 19.1. The Morgan fingerprint density at radius 2 is 0.700 bits per heavy atom. The molecule has 3 aliphatic rings. The molecular formula is C68H43NO. The van der Waals surface area contributed by atoms with E-state index >= 15 is 0 Å². The Balaban J connectivity index is 0.958. The molecular weight excluding hydrogens is 847 g/mol. The van der Waals surface area contributed by atoms with Crippen molar-refractivity contribution in [2.45, 2.75) is 10.8 Å². The van der Waals surface area contributed by atoms with E-state index in [2.05, 4.69) is 254 Å². The van der Waals surface area contributed by atoms with Crippen LogP contribution in [0.1, 0.15) is 44.5 Å². The number of fused-ring (bicyclic) bond motifs is 16. The van der Waals surface area contributed by atoms with Gasteiger partial charge in [0.1, 0.15) is 11.2 Å². The van der Waals surface area contributed by atoms with Crippen LogP contribution in [0, 0.1) is 0 Å². The molecule has 0 aliphatic heterocycles. The van der Waals surface area contributed by atoms with E-state index in [4.69, 9.17) is 4.42 Å². The molecule has 2 heteroatoms. The van der Waals surface area contributed by atoms with Crippen LogP contribution in [0.3, 0.4) is 0 Å². The predicted octanol–water partition coefficient (Wildman–Crippen LogP) is 17.4. The lowest BCUT2D eigenvalue weighted by Gasteiger charge is -2.34. The van der Waals surface area contributed by atoms with Crippen molar-refractivity contribution in [3.63, 3.8) is 0 Å². The van der Waals surface area contributed by atoms with Gasteiger partial charge in [-0.1, -0.05) is 206 Å². The number of benzene rings is 11. The third kappa shape index (κ3) is 5.22. The number of rotatable bonds is 6. The Labute approximate surface area is 407 Å². The summed E-state index contributed by atoms with van der Waals surface area (Å²) in [6.07, 6.45) is 0. The maximum atomic E-state index is 6.23. The third-order valence-corrected chi connectivity index (χ3v) is 15.8. The van der Waals surface area contributed by atoms with Crippen molar-refractivity contribution in [1.82, 2.24) is 0 Å². The summed E-state index contributed by atoms with van der Waals surface area (Å²) >= 11 is 0. The topological polar surface area (TPSA) is 16.4 Å². The van der Waals surface area contributed by atoms with Crippen LogP contribution in [0.4, 0.5) is 17.1 Å². The average Bonchev–Trinajstić information content (AvgIpc) is 4.14. The highest BCUT2D eigenvalue weighted by Crippen LogP contribution is 2.64. The van der Waals surface area contributed by atoms with Crippen molar-refractivity contribution in [3.8, 4) is 44.5 Å². The van der Waals surface area contributed by atoms with Gasteiger partial charge >= 0.3 is 0 Å². The highest BCUT2D eigenvalue weighted by Gasteiger charge is 2.52. The van der Waals surface area contributed by atoms with Crippen LogP contribution in [-0.4, -0.2) is 0 Å². The number of furan rings is 1. The first kappa shape index (κ1) is 39.1. The highest BCUT2D eigenvalue weighted by atomic mass is 16.3. The summed E-state index contributed by atoms with van der Waals surface area (Å²) in [5.74, 6) is 0. The molecule has 11 aromatic carbocycles. The van der Waals surface area contributed by atoms with E-state index in [0.717, 1.165) is 50.1 Å². The Bertz CT molecular complexity index is 3970. The van der Waals surface area contributed by atoms with E-state index in [1.54, 1.807) is 0 Å². The second kappa shape index (κ2) is 14.8. The van der Waals surface area contributed by atoms with Gasteiger partial charge in [-0.3, -0.25) is 0 Å². The van der Waals surface area contributed by atoms with Crippen molar-refractivity contribution in [3.05, 3.63) is 305 Å². The fourth-order valence-electron chi connectivity index (χ4n) is 13.0. The summed E-state index contributed by atoms with van der Waals surface area (Å²) in [5, 5.41) is 2.26. The van der Waals surface area contributed by atoms with Gasteiger partial charge in [0.15, 0.2) is 0 Å². The molecule has 1 aromatic heterocycles. The Morgan fingerprint density at radius 1 is 0.257 bits per heavy atom. The summed E-state index contributed by atoms with van der Waals surface area (Å²) in [6.45, 7) is 0. The van der Waals surface area contributed by atoms with E-state index in [0.29, 0.717) is 0 Å². The molecule has 15 rings (SSSR count). The van der Waals surface area contributed by atoms with Crippen molar-refractivity contribution in [2.24, 2.45) is 0 Å². The number of anilines is 3. The first-order valence-corrected chi connectivity index (χ1v) is 24.3. The maximum absolute atomic E-state index is 6.23. The third-order valence-electron chi connectivity index (χ3n) is 15.8. The lowest BCUT2D eigenvalue weighted by Crippen LogP contribution is -2.28. The van der Waals surface area contributed by atoms with E-state index in [9.17, 15) is 0 Å². The van der Waals surface area contributed by atoms with Crippen molar-refractivity contribution in [1.29, 1.82) is 0 Å². The average molecular weight is 890 g/mol. The van der Waals surface area contributed by atoms with Gasteiger partial charge in [0, 0.05) is 27.8 Å². The Hall–Kier alpha value is -8.98. The number of hydrogen-bond donors (Lipinski definition) is 0. The molecule has 70 heavy (non-hydrogen) atoms. The zero-order valence-corrected chi connectivity index (χ0v) is 38.2. The minimum absolute atomic E-state index is 0.470. The van der Waals surface area contributed by atoms with Crippen LogP contribution in [0.15, 0.2) is 265 Å². The first-order valence-electron chi connectivity index (χ1n) is 24.3. The van der Waals surface area contributed by atoms with E-state index in [1.807, 2.05) is 12.1 Å². The molecule has 1 heterocycles. The molecule has 0 saturated carbocycles. The highest BCUT2D eigenvalue weighted by molar-refractivity contribution is 6.06. The molecule has 12 aromatic rings. The van der Waals surface area contributed by atoms with Gasteiger partial charge < -0.3 is 9.32 Å². The zero-order valence-electron chi connectivity index (χ0n) is 38.2. The molecule has 2 nitrogen and oxygen atoms in total. The Kier molecular flexibility index (Phi) is 8.24. The fraction of sp³-hybridized carbons (Fsp3) is 0.0294. The van der Waals surface area contributed by atoms with Crippen LogP contribution < -0.4 is 4.90 Å². The van der Waals surface area contributed by atoms with Gasteiger partial charge in [0.25, 0.3) is 0 Å². The normalized spacial score (nSPS) is 13.9. The second-order valence-electron chi connectivity index (χ2n) is 19.1. The predicted molar refractivity (Wildman–Crippen MR) is 287 cm³/mol. The van der Waals surface area contributed by atoms with Crippen LogP contribution >= 0.6 is 0 Å². The number of para-hydroxylation sites is 1. The van der Waals surface area contributed by atoms with E-state index in [-0.39, 0.29) is 0 Å². The molecule has 0 atom stereocenters. The molecule has 0 saturated heterocycles. The van der Waals surface area contributed by atoms with Gasteiger partial charge in [-0.15, -0.1) is 0 Å². The van der Waals surface area contributed by atoms with Crippen molar-refractivity contribution < 1.29 is 4.42 Å². The summed E-state index contributed by atoms with van der Waals surface area (Å²) in [7, 11) is 0. The van der Waals surface area contributed by atoms with Crippen LogP contribution in [0.5, 0.6) is 0 Å². The SMILES string of the molecule is c1ccc(C2(c3ccccc3)c3ccccc3-c3cc(N(c4ccc(-c5ccc6oc7ccccc7c6c5)cc4)c4ccc5c(c4)C4(c6ccccc6-c6ccccc64)c4ccccc4-5)ccc32)cc1. The summed E-state index contributed by atoms with van der Waals surface area (Å²) in [4.78, 5) is 2.48. The monoisotopic (exact) mass is 889 g/mol. The summed E-state index contributed by atoms with van der Waals surface area (Å²) < 4.78 is 6.23. The molecule has 0 fully saturated rings. The molecule has 0 unspecified atom stereocenters. The lowest BCUT2D eigenvalue weighted by atomic mass is 9.68. The van der Waals surface area contributed by atoms with Gasteiger partial charge in [-0.25, -0.2) is 0 Å². The van der Waals surface area contributed by atoms with Crippen LogP contribution in [-0.2, 0) is 10.8 Å². The van der Waals surface area contributed by atoms with Gasteiger partial charge in [0.05, 0.1) is 10.8 Å². The van der Waals surface area contributed by atoms with Gasteiger partial charge in [0.2, 0.25) is 0 Å². The molecule has 0 N–H and O–H groups in total. The molecule has 3 aliphatic carbocycles. The standard InChI is InChI=1S/C68H43NO/c1-3-17-46(18-4-1)67(47-19-5-2-6-20-47)59-26-12-10-24-54(59)57-42-49(37-39-63(57)67)69(48-34-31-44(32-35-48)45-33-40-66-58(41-45)56-25-11-16-30-65(56)70-66)50-36-38-55-53-23-9-15-29-62(53)68(64(55)43-50)60-27-13-7-21-51(60)52-22-8-14-28-61(52)68/h1-43H. The molecule has 326 valence electrons. The van der Waals surface area contributed by atoms with Crippen LogP contribution in [0.25, 0.3) is 66.4 Å². The summed E-state index contributed by atoms with van der Waals surface area (Å²) in [6, 6.07) is 96.8. The minimum Gasteiger partial charge on any atom is -0.456 e. The quantitative estimate of drug-likeness (QED) is 0.165. The van der Waals surface area contributed by atoms with Gasteiger partial charge in [-0.2, -0.15) is 0 Å². The molecule has 1 spiro atoms. The van der Waals surface area contributed by atoms with E-state index in [1.165, 1.54) is 77.9 Å². The van der Waals surface area contributed by atoms with Gasteiger partial charge in [-0.05, 0) is 144 Å². The number of hydrogen-bond acceptors (Lipinski definition) is 2. The van der Waals surface area contributed by atoms with Crippen molar-refractivity contribution in [2.75, 3.05) is 4.90 Å². The molecule has 0 radical (unpaired) electrons. The van der Waals surface area contributed by atoms with Crippen LogP contribution in [0.2, 0.25) is 0 Å². The number of nitrogens with zero attached hydrogens (tertiary/aromatic N) is 1. The Morgan fingerprint density at radius 3 is 1.33 bits per heavy atom. The lowest BCUT2D eigenvalue weighted by molar-refractivity contribution is 0.669. The fourth-order valence-corrected chi connectivity index (χ4v) is 13.0. The van der Waals surface area contributed by atoms with E-state index < -0.39 is 10.8 Å². The minimum atomic E-state index is -0.490. The zero-order chi connectivity index (χ0) is 46.0.